The largest absolute Gasteiger partial charge is 0.388 e. The second-order valence-corrected chi connectivity index (χ2v) is 4.02. The molecule has 0 spiro atoms. The van der Waals surface area contributed by atoms with Gasteiger partial charge < -0.3 is 20.7 Å². The van der Waals surface area contributed by atoms with Crippen molar-refractivity contribution in [2.45, 2.75) is 18.4 Å². The molecule has 96 valence electrons. The Bertz CT molecular complexity index is 650. The van der Waals surface area contributed by atoms with Crippen molar-refractivity contribution in [3.63, 3.8) is 0 Å². The van der Waals surface area contributed by atoms with Gasteiger partial charge in [0.15, 0.2) is 6.23 Å². The summed E-state index contributed by atoms with van der Waals surface area (Å²) < 4.78 is 7.86. The number of hydrogen-bond acceptors (Lipinski definition) is 7. The summed E-state index contributed by atoms with van der Waals surface area (Å²) in [6.45, 7) is 0.0149. The molecule has 9 nitrogen and oxygen atoms in total. The predicted octanol–water partition coefficient (Wildman–Crippen LogP) is -2.28. The molecule has 0 amide bonds. The van der Waals surface area contributed by atoms with Crippen molar-refractivity contribution < 1.29 is 14.9 Å². The number of nitrogen functional groups attached to an aromatic ring is 1. The third kappa shape index (κ3) is 1.49. The SMILES string of the molecule is Nc1nc(=O)n2ccn(C3OCC(O)C3O)c2n1. The van der Waals surface area contributed by atoms with Crippen molar-refractivity contribution in [1.82, 2.24) is 18.9 Å². The molecule has 3 rings (SSSR count). The minimum absolute atomic E-state index is 0.0149. The summed E-state index contributed by atoms with van der Waals surface area (Å²) in [4.78, 5) is 18.9. The molecule has 3 unspecified atom stereocenters. The fraction of sp³-hybridized carbons (Fsp3) is 0.444. The second kappa shape index (κ2) is 3.77. The lowest BCUT2D eigenvalue weighted by atomic mass is 10.2. The molecule has 0 aliphatic carbocycles. The van der Waals surface area contributed by atoms with E-state index in [2.05, 4.69) is 9.97 Å². The summed E-state index contributed by atoms with van der Waals surface area (Å²) in [5.74, 6) is 0.0404. The topological polar surface area (TPSA) is 128 Å². The van der Waals surface area contributed by atoms with E-state index in [0.29, 0.717) is 0 Å². The molecule has 1 aliphatic heterocycles. The lowest BCUT2D eigenvalue weighted by Crippen LogP contribution is -2.29. The minimum atomic E-state index is -1.09. The van der Waals surface area contributed by atoms with Crippen LogP contribution in [0.5, 0.6) is 0 Å². The molecule has 9 heteroatoms. The summed E-state index contributed by atoms with van der Waals surface area (Å²) in [6, 6.07) is 0. The van der Waals surface area contributed by atoms with Gasteiger partial charge in [-0.2, -0.15) is 9.97 Å². The van der Waals surface area contributed by atoms with Crippen molar-refractivity contribution in [1.29, 1.82) is 0 Å². The normalized spacial score (nSPS) is 28.0. The average molecular weight is 253 g/mol. The van der Waals surface area contributed by atoms with Gasteiger partial charge in [-0.25, -0.2) is 9.20 Å². The van der Waals surface area contributed by atoms with E-state index in [1.165, 1.54) is 21.4 Å². The molecule has 4 N–H and O–H groups in total. The van der Waals surface area contributed by atoms with Crippen LogP contribution in [-0.4, -0.2) is 48.0 Å². The number of aliphatic hydroxyl groups excluding tert-OH is 2. The molecular weight excluding hydrogens is 242 g/mol. The van der Waals surface area contributed by atoms with Crippen LogP contribution in [0.1, 0.15) is 6.23 Å². The molecular formula is C9H11N5O4. The minimum Gasteiger partial charge on any atom is -0.388 e. The molecule has 1 saturated heterocycles. The highest BCUT2D eigenvalue weighted by molar-refractivity contribution is 5.35. The average Bonchev–Trinajstić information content (AvgIpc) is 2.85. The predicted molar refractivity (Wildman–Crippen MR) is 58.7 cm³/mol. The zero-order valence-electron chi connectivity index (χ0n) is 9.17. The van der Waals surface area contributed by atoms with Gasteiger partial charge in [0, 0.05) is 12.4 Å². The number of nitrogens with zero attached hydrogens (tertiary/aromatic N) is 4. The molecule has 2 aromatic rings. The highest BCUT2D eigenvalue weighted by atomic mass is 16.5. The van der Waals surface area contributed by atoms with Gasteiger partial charge in [0.05, 0.1) is 6.61 Å². The van der Waals surface area contributed by atoms with Gasteiger partial charge in [0.25, 0.3) is 0 Å². The standard InChI is InChI=1S/C9H11N5O4/c10-7-11-8-13(1-2-14(8)9(17)12-7)6-5(16)4(15)3-18-6/h1-2,4-6,15-16H,3H2,(H2,10,12,17). The Labute approximate surface area is 100 Å². The van der Waals surface area contributed by atoms with Gasteiger partial charge in [-0.05, 0) is 0 Å². The maximum atomic E-state index is 11.5. The maximum Gasteiger partial charge on any atom is 0.357 e. The van der Waals surface area contributed by atoms with Crippen LogP contribution < -0.4 is 11.4 Å². The summed E-state index contributed by atoms with van der Waals surface area (Å²) in [6.07, 6.45) is 0.0869. The molecule has 3 atom stereocenters. The van der Waals surface area contributed by atoms with Gasteiger partial charge >= 0.3 is 5.69 Å². The molecule has 0 radical (unpaired) electrons. The summed E-state index contributed by atoms with van der Waals surface area (Å²) in [5.41, 5.74) is 4.85. The Morgan fingerprint density at radius 1 is 1.39 bits per heavy atom. The van der Waals surface area contributed by atoms with Crippen LogP contribution in [0, 0.1) is 0 Å². The number of ether oxygens (including phenoxy) is 1. The van der Waals surface area contributed by atoms with Crippen LogP contribution in [0.25, 0.3) is 5.78 Å². The number of fused-ring (bicyclic) bond motifs is 1. The van der Waals surface area contributed by atoms with Gasteiger partial charge in [0.1, 0.15) is 12.2 Å². The number of aromatic nitrogens is 4. The van der Waals surface area contributed by atoms with Crippen LogP contribution in [0.2, 0.25) is 0 Å². The van der Waals surface area contributed by atoms with Gasteiger partial charge in [0.2, 0.25) is 11.7 Å². The number of hydrogen-bond donors (Lipinski definition) is 3. The molecule has 2 aromatic heterocycles. The van der Waals surface area contributed by atoms with E-state index in [-0.39, 0.29) is 18.3 Å². The third-order valence-electron chi connectivity index (χ3n) is 2.85. The highest BCUT2D eigenvalue weighted by Gasteiger charge is 2.36. The Morgan fingerprint density at radius 3 is 2.83 bits per heavy atom. The van der Waals surface area contributed by atoms with Crippen molar-refractivity contribution in [2.75, 3.05) is 12.3 Å². The molecule has 0 aromatic carbocycles. The fourth-order valence-corrected chi connectivity index (χ4v) is 1.96. The van der Waals surface area contributed by atoms with E-state index in [9.17, 15) is 15.0 Å². The van der Waals surface area contributed by atoms with E-state index in [4.69, 9.17) is 10.5 Å². The molecule has 18 heavy (non-hydrogen) atoms. The summed E-state index contributed by atoms with van der Waals surface area (Å²) in [7, 11) is 0. The molecule has 0 bridgehead atoms. The van der Waals surface area contributed by atoms with Crippen LogP contribution in [0.15, 0.2) is 17.2 Å². The van der Waals surface area contributed by atoms with E-state index < -0.39 is 24.1 Å². The molecule has 1 fully saturated rings. The summed E-state index contributed by atoms with van der Waals surface area (Å²) >= 11 is 0. The fourth-order valence-electron chi connectivity index (χ4n) is 1.96. The Kier molecular flexibility index (Phi) is 2.33. The summed E-state index contributed by atoms with van der Waals surface area (Å²) in [5, 5.41) is 19.2. The number of imidazole rings is 1. The van der Waals surface area contributed by atoms with Crippen LogP contribution in [0.3, 0.4) is 0 Å². The van der Waals surface area contributed by atoms with Gasteiger partial charge in [-0.1, -0.05) is 0 Å². The Morgan fingerprint density at radius 2 is 2.17 bits per heavy atom. The van der Waals surface area contributed by atoms with Gasteiger partial charge in [-0.3, -0.25) is 4.57 Å². The molecule has 0 saturated carbocycles. The van der Waals surface area contributed by atoms with E-state index in [1.807, 2.05) is 0 Å². The first-order valence-electron chi connectivity index (χ1n) is 5.28. The quantitative estimate of drug-likeness (QED) is 0.522. The first kappa shape index (κ1) is 11.1. The number of rotatable bonds is 1. The zero-order chi connectivity index (χ0) is 12.9. The lowest BCUT2D eigenvalue weighted by Gasteiger charge is -2.16. The van der Waals surface area contributed by atoms with E-state index in [0.717, 1.165) is 0 Å². The van der Waals surface area contributed by atoms with Crippen LogP contribution in [-0.2, 0) is 4.74 Å². The van der Waals surface area contributed by atoms with E-state index >= 15 is 0 Å². The van der Waals surface area contributed by atoms with E-state index in [1.54, 1.807) is 0 Å². The zero-order valence-corrected chi connectivity index (χ0v) is 9.17. The monoisotopic (exact) mass is 253 g/mol. The van der Waals surface area contributed by atoms with Crippen molar-refractivity contribution in [3.05, 3.63) is 22.9 Å². The Hall–Kier alpha value is -1.97. The molecule has 3 heterocycles. The number of aliphatic hydroxyl groups is 2. The first-order chi connectivity index (χ1) is 8.58. The Balaban J connectivity index is 2.16. The van der Waals surface area contributed by atoms with Crippen LogP contribution in [0.4, 0.5) is 5.95 Å². The number of nitrogens with two attached hydrogens (primary N) is 1. The van der Waals surface area contributed by atoms with Crippen molar-refractivity contribution in [3.8, 4) is 0 Å². The van der Waals surface area contributed by atoms with Crippen LogP contribution >= 0.6 is 0 Å². The molecule has 1 aliphatic rings. The highest BCUT2D eigenvalue weighted by Crippen LogP contribution is 2.25. The smallest absolute Gasteiger partial charge is 0.357 e. The second-order valence-electron chi connectivity index (χ2n) is 4.02. The number of anilines is 1. The third-order valence-corrected chi connectivity index (χ3v) is 2.85. The van der Waals surface area contributed by atoms with Gasteiger partial charge in [-0.15, -0.1) is 0 Å². The maximum absolute atomic E-state index is 11.5. The lowest BCUT2D eigenvalue weighted by molar-refractivity contribution is -0.0162. The van der Waals surface area contributed by atoms with Crippen molar-refractivity contribution in [2.24, 2.45) is 0 Å². The first-order valence-corrected chi connectivity index (χ1v) is 5.28. The van der Waals surface area contributed by atoms with Crippen molar-refractivity contribution >= 4 is 11.7 Å².